The van der Waals surface area contributed by atoms with E-state index < -0.39 is 39.1 Å². The summed E-state index contributed by atoms with van der Waals surface area (Å²) < 4.78 is 27.2. The number of thiocarbonyl (C=S) groups is 1. The molecule has 0 spiro atoms. The summed E-state index contributed by atoms with van der Waals surface area (Å²) in [5, 5.41) is 20.1. The maximum Gasteiger partial charge on any atom is 0.356 e. The van der Waals surface area contributed by atoms with Crippen molar-refractivity contribution >= 4 is 51.0 Å². The number of hydrogen-bond acceptors (Lipinski definition) is 8. The molecule has 0 bridgehead atoms. The zero-order chi connectivity index (χ0) is 18.1. The highest BCUT2D eigenvalue weighted by molar-refractivity contribution is 8.00. The first-order chi connectivity index (χ1) is 11.2. The van der Waals surface area contributed by atoms with Gasteiger partial charge in [0.05, 0.1) is 23.1 Å². The molecule has 0 aromatic carbocycles. The molecule has 2 N–H and O–H groups in total. The fraction of sp³-hybridized carbons (Fsp3) is 0.500. The number of carboxylic acid groups (broad SMARTS) is 1. The maximum absolute atomic E-state index is 12.3. The van der Waals surface area contributed by atoms with Crippen LogP contribution in [0.1, 0.15) is 12.8 Å². The second-order valence-corrected chi connectivity index (χ2v) is 8.15. The van der Waals surface area contributed by atoms with E-state index in [1.165, 1.54) is 11.8 Å². The van der Waals surface area contributed by atoms with Gasteiger partial charge in [-0.25, -0.2) is 4.79 Å². The smallest absolute Gasteiger partial charge is 0.356 e. The number of thioether (sulfide) groups is 1. The molecule has 0 aromatic rings. The van der Waals surface area contributed by atoms with E-state index in [1.54, 1.807) is 0 Å². The largest absolute Gasteiger partial charge is 0.476 e. The van der Waals surface area contributed by atoms with Gasteiger partial charge >= 0.3 is 16.1 Å². The summed E-state index contributed by atoms with van der Waals surface area (Å²) in [5.41, 5.74) is -0.477. The van der Waals surface area contributed by atoms with Crippen molar-refractivity contribution in [1.29, 1.82) is 5.26 Å². The third-order valence-corrected chi connectivity index (χ3v) is 5.25. The molecule has 2 heterocycles. The Kier molecular flexibility index (Phi) is 5.36. The molecule has 2 rings (SSSR count). The summed E-state index contributed by atoms with van der Waals surface area (Å²) in [6, 6.07) is 1.23. The maximum atomic E-state index is 12.3. The monoisotopic (exact) mass is 391 g/mol. The van der Waals surface area contributed by atoms with Gasteiger partial charge in [0.15, 0.2) is 11.5 Å². The zero-order valence-electron chi connectivity index (χ0n) is 12.4. The molecule has 9 nitrogen and oxygen atoms in total. The number of carboxylic acids is 1. The summed E-state index contributed by atoms with van der Waals surface area (Å²) in [4.78, 5) is 25.0. The number of rotatable bonds is 6. The molecular formula is C12H13N3O6S3. The molecular weight excluding hydrogens is 378 g/mol. The molecule has 0 saturated carbocycles. The lowest BCUT2D eigenvalue weighted by Crippen LogP contribution is -2.70. The van der Waals surface area contributed by atoms with Crippen molar-refractivity contribution in [2.24, 2.45) is 0 Å². The zero-order valence-corrected chi connectivity index (χ0v) is 14.8. The van der Waals surface area contributed by atoms with Gasteiger partial charge in [-0.2, -0.15) is 13.7 Å². The second-order valence-electron chi connectivity index (χ2n) is 4.98. The van der Waals surface area contributed by atoms with Crippen LogP contribution in [-0.4, -0.2) is 58.7 Å². The van der Waals surface area contributed by atoms with E-state index in [0.29, 0.717) is 11.4 Å². The van der Waals surface area contributed by atoms with E-state index in [-0.39, 0.29) is 17.9 Å². The van der Waals surface area contributed by atoms with Gasteiger partial charge < -0.3 is 14.6 Å². The van der Waals surface area contributed by atoms with Gasteiger partial charge in [-0.3, -0.25) is 9.69 Å². The van der Waals surface area contributed by atoms with Gasteiger partial charge in [-0.1, -0.05) is 12.2 Å². The molecule has 12 heteroatoms. The molecule has 1 unspecified atom stereocenters. The second kappa shape index (κ2) is 6.96. The third-order valence-electron chi connectivity index (χ3n) is 3.17. The van der Waals surface area contributed by atoms with E-state index in [0.717, 1.165) is 11.2 Å². The fourth-order valence-electron chi connectivity index (χ4n) is 2.25. The average molecular weight is 391 g/mol. The van der Waals surface area contributed by atoms with Crippen LogP contribution in [0.3, 0.4) is 0 Å². The van der Waals surface area contributed by atoms with E-state index in [1.807, 2.05) is 6.07 Å². The number of nitrogens with one attached hydrogen (secondary N) is 1. The predicted octanol–water partition coefficient (Wildman–Crippen LogP) is -0.237. The van der Waals surface area contributed by atoms with Crippen molar-refractivity contribution in [3.05, 3.63) is 11.5 Å². The number of hydrogen-bond donors (Lipinski definition) is 2. The Balaban J connectivity index is 2.19. The van der Waals surface area contributed by atoms with Crippen LogP contribution in [0.2, 0.25) is 0 Å². The van der Waals surface area contributed by atoms with Crippen LogP contribution >= 0.6 is 24.0 Å². The van der Waals surface area contributed by atoms with E-state index in [9.17, 15) is 23.1 Å². The van der Waals surface area contributed by atoms with Crippen LogP contribution in [0.4, 0.5) is 0 Å². The van der Waals surface area contributed by atoms with Crippen molar-refractivity contribution < 1.29 is 27.3 Å². The van der Waals surface area contributed by atoms with Gasteiger partial charge in [0.25, 0.3) is 5.91 Å². The highest BCUT2D eigenvalue weighted by Gasteiger charge is 2.54. The van der Waals surface area contributed by atoms with Crippen molar-refractivity contribution in [3.8, 4) is 6.07 Å². The number of carbonyl (C=O) groups is 2. The summed E-state index contributed by atoms with van der Waals surface area (Å²) in [6.45, 7) is 0. The number of nitriles is 1. The van der Waals surface area contributed by atoms with Crippen molar-refractivity contribution in [3.63, 3.8) is 0 Å². The minimum Gasteiger partial charge on any atom is -0.476 e. The quantitative estimate of drug-likeness (QED) is 0.354. The molecule has 2 atom stereocenters. The highest BCUT2D eigenvalue weighted by Crippen LogP contribution is 2.40. The number of amides is 1. The standard InChI is InChI=1S/C12H13N3O6S3/c1-24(19,20)21-6-5-23-11-8(14-7(22)3-2-4-13)10(16)15(11)9(6)12(17)18/h8,11H,2-3,5H2,1H3,(H,14,22)(H,17,18)/t8?,11-/m1/s1. The lowest BCUT2D eigenvalue weighted by molar-refractivity contribution is -0.149. The Morgan fingerprint density at radius 1 is 1.62 bits per heavy atom. The molecule has 130 valence electrons. The first-order valence-corrected chi connectivity index (χ1v) is 9.90. The van der Waals surface area contributed by atoms with Crippen molar-refractivity contribution in [1.82, 2.24) is 10.2 Å². The molecule has 2 aliphatic heterocycles. The van der Waals surface area contributed by atoms with Gasteiger partial charge in [0, 0.05) is 12.8 Å². The van der Waals surface area contributed by atoms with Gasteiger partial charge in [-0.15, -0.1) is 11.8 Å². The Labute approximate surface area is 147 Å². The Hall–Kier alpha value is -1.84. The fourth-order valence-corrected chi connectivity index (χ4v) is 4.31. The normalized spacial score (nSPS) is 23.0. The molecule has 1 fully saturated rings. The average Bonchev–Trinajstić information content (AvgIpc) is 2.48. The Morgan fingerprint density at radius 3 is 2.83 bits per heavy atom. The summed E-state index contributed by atoms with van der Waals surface area (Å²) >= 11 is 6.21. The SMILES string of the molecule is CS(=O)(=O)OC1=C(C(=O)O)N2C(=O)C(NC(=S)CCC#N)[C@H]2SC1. The van der Waals surface area contributed by atoms with Gasteiger partial charge in [0.1, 0.15) is 11.4 Å². The van der Waals surface area contributed by atoms with Crippen LogP contribution in [0, 0.1) is 11.3 Å². The summed E-state index contributed by atoms with van der Waals surface area (Å²) in [7, 11) is -3.91. The van der Waals surface area contributed by atoms with Crippen LogP contribution in [0.15, 0.2) is 11.5 Å². The van der Waals surface area contributed by atoms with Crippen molar-refractivity contribution in [2.45, 2.75) is 24.3 Å². The number of fused-ring (bicyclic) bond motifs is 1. The topological polar surface area (TPSA) is 137 Å². The van der Waals surface area contributed by atoms with Gasteiger partial charge in [-0.05, 0) is 0 Å². The van der Waals surface area contributed by atoms with Crippen LogP contribution in [0.25, 0.3) is 0 Å². The van der Waals surface area contributed by atoms with E-state index in [2.05, 4.69) is 5.32 Å². The minimum atomic E-state index is -3.91. The van der Waals surface area contributed by atoms with Crippen molar-refractivity contribution in [2.75, 3.05) is 12.0 Å². The Bertz CT molecular complexity index is 769. The third kappa shape index (κ3) is 3.80. The van der Waals surface area contributed by atoms with Gasteiger partial charge in [0.2, 0.25) is 0 Å². The van der Waals surface area contributed by atoms with E-state index >= 15 is 0 Å². The first kappa shape index (κ1) is 18.5. The lowest BCUT2D eigenvalue weighted by atomic mass is 10.0. The first-order valence-electron chi connectivity index (χ1n) is 6.62. The number of carbonyl (C=O) groups excluding carboxylic acids is 1. The summed E-state index contributed by atoms with van der Waals surface area (Å²) in [5.74, 6) is -2.28. The molecule has 0 radical (unpaired) electrons. The van der Waals surface area contributed by atoms with Crippen LogP contribution in [-0.2, 0) is 23.9 Å². The molecule has 0 aromatic heterocycles. The molecule has 1 saturated heterocycles. The van der Waals surface area contributed by atoms with Crippen LogP contribution in [0.5, 0.6) is 0 Å². The highest BCUT2D eigenvalue weighted by atomic mass is 32.2. The number of β-lactam (4-membered cyclic amide) rings is 1. The predicted molar refractivity (Wildman–Crippen MR) is 88.1 cm³/mol. The molecule has 2 aliphatic rings. The van der Waals surface area contributed by atoms with E-state index in [4.69, 9.17) is 21.7 Å². The molecule has 0 aliphatic carbocycles. The van der Waals surface area contributed by atoms with Crippen LogP contribution < -0.4 is 5.32 Å². The molecule has 24 heavy (non-hydrogen) atoms. The molecule has 1 amide bonds. The lowest BCUT2D eigenvalue weighted by Gasteiger charge is -2.49. The Morgan fingerprint density at radius 2 is 2.29 bits per heavy atom. The minimum absolute atomic E-state index is 0.00765. The number of aliphatic carboxylic acids is 1. The number of nitrogens with zero attached hydrogens (tertiary/aromatic N) is 2. The summed E-state index contributed by atoms with van der Waals surface area (Å²) in [6.07, 6.45) is 1.31.